The second-order valence-electron chi connectivity index (χ2n) is 4.64. The molecule has 6 heteroatoms. The number of carboxylic acids is 1. The molecule has 0 saturated carbocycles. The Kier molecular flexibility index (Phi) is 4.70. The number of ether oxygens (including phenoxy) is 1. The highest BCUT2D eigenvalue weighted by molar-refractivity contribution is 5.67. The molecule has 1 unspecified atom stereocenters. The SMILES string of the molecule is O=C(O)CC(Oc1ccc(C(F)(F)F)cc1)c1ccccc1. The number of aliphatic carboxylic acids is 1. The van der Waals surface area contributed by atoms with E-state index in [9.17, 15) is 18.0 Å². The van der Waals surface area contributed by atoms with E-state index in [1.165, 1.54) is 12.1 Å². The Bertz CT molecular complexity index is 621. The zero-order chi connectivity index (χ0) is 16.2. The van der Waals surface area contributed by atoms with Crippen LogP contribution in [0.15, 0.2) is 54.6 Å². The highest BCUT2D eigenvalue weighted by Gasteiger charge is 2.30. The zero-order valence-corrected chi connectivity index (χ0v) is 11.4. The molecule has 1 atom stereocenters. The predicted molar refractivity (Wildman–Crippen MR) is 73.5 cm³/mol. The standard InChI is InChI=1S/C16H13F3O3/c17-16(18,19)12-6-8-13(9-7-12)22-14(10-15(20)21)11-4-2-1-3-5-11/h1-9,14H,10H2,(H,20,21). The molecule has 3 nitrogen and oxygen atoms in total. The molecular weight excluding hydrogens is 297 g/mol. The fraction of sp³-hybridized carbons (Fsp3) is 0.188. The molecule has 0 fully saturated rings. The van der Waals surface area contributed by atoms with E-state index in [2.05, 4.69) is 0 Å². The van der Waals surface area contributed by atoms with Gasteiger partial charge in [0.2, 0.25) is 0 Å². The van der Waals surface area contributed by atoms with Crippen molar-refractivity contribution in [1.29, 1.82) is 0 Å². The topological polar surface area (TPSA) is 46.5 Å². The zero-order valence-electron chi connectivity index (χ0n) is 11.4. The summed E-state index contributed by atoms with van der Waals surface area (Å²) in [6, 6.07) is 12.8. The number of hydrogen-bond acceptors (Lipinski definition) is 2. The minimum Gasteiger partial charge on any atom is -0.485 e. The number of benzene rings is 2. The van der Waals surface area contributed by atoms with Crippen molar-refractivity contribution in [2.75, 3.05) is 0 Å². The maximum atomic E-state index is 12.5. The van der Waals surface area contributed by atoms with E-state index in [1.54, 1.807) is 30.3 Å². The Morgan fingerprint density at radius 3 is 2.14 bits per heavy atom. The molecule has 0 saturated heterocycles. The number of carbonyl (C=O) groups is 1. The fourth-order valence-corrected chi connectivity index (χ4v) is 1.94. The van der Waals surface area contributed by atoms with Gasteiger partial charge in [0.15, 0.2) is 0 Å². The molecule has 0 bridgehead atoms. The summed E-state index contributed by atoms with van der Waals surface area (Å²) < 4.78 is 43.0. The molecule has 0 aromatic heterocycles. The van der Waals surface area contributed by atoms with E-state index in [1.807, 2.05) is 0 Å². The molecule has 116 valence electrons. The van der Waals surface area contributed by atoms with Gasteiger partial charge in [-0.1, -0.05) is 30.3 Å². The molecular formula is C16H13F3O3. The molecule has 2 rings (SSSR count). The van der Waals surface area contributed by atoms with Crippen LogP contribution in [0.25, 0.3) is 0 Å². The Labute approximate surface area is 125 Å². The third kappa shape index (κ3) is 4.25. The fourth-order valence-electron chi connectivity index (χ4n) is 1.94. The van der Waals surface area contributed by atoms with Crippen molar-refractivity contribution in [2.45, 2.75) is 18.7 Å². The minimum atomic E-state index is -4.42. The molecule has 0 radical (unpaired) electrons. The van der Waals surface area contributed by atoms with Gasteiger partial charge < -0.3 is 9.84 Å². The third-order valence-corrected chi connectivity index (χ3v) is 2.99. The van der Waals surface area contributed by atoms with Crippen molar-refractivity contribution in [3.63, 3.8) is 0 Å². The van der Waals surface area contributed by atoms with Crippen LogP contribution in [0.3, 0.4) is 0 Å². The van der Waals surface area contributed by atoms with Gasteiger partial charge in [0.1, 0.15) is 11.9 Å². The van der Waals surface area contributed by atoms with Crippen LogP contribution >= 0.6 is 0 Å². The molecule has 0 aliphatic rings. The van der Waals surface area contributed by atoms with Crippen LogP contribution in [0, 0.1) is 0 Å². The second-order valence-corrected chi connectivity index (χ2v) is 4.64. The van der Waals surface area contributed by atoms with Crippen LogP contribution in [-0.4, -0.2) is 11.1 Å². The van der Waals surface area contributed by atoms with Crippen LogP contribution in [0.1, 0.15) is 23.7 Å². The first kappa shape index (κ1) is 15.9. The quantitative estimate of drug-likeness (QED) is 0.895. The van der Waals surface area contributed by atoms with E-state index in [0.717, 1.165) is 12.1 Å². The van der Waals surface area contributed by atoms with Gasteiger partial charge in [-0.25, -0.2) is 0 Å². The summed E-state index contributed by atoms with van der Waals surface area (Å²) in [4.78, 5) is 10.9. The highest BCUT2D eigenvalue weighted by Crippen LogP contribution is 2.31. The lowest BCUT2D eigenvalue weighted by Gasteiger charge is -2.18. The van der Waals surface area contributed by atoms with Gasteiger partial charge in [-0.05, 0) is 29.8 Å². The Morgan fingerprint density at radius 2 is 1.64 bits per heavy atom. The summed E-state index contributed by atoms with van der Waals surface area (Å²) in [7, 11) is 0. The third-order valence-electron chi connectivity index (χ3n) is 2.99. The highest BCUT2D eigenvalue weighted by atomic mass is 19.4. The van der Waals surface area contributed by atoms with E-state index in [4.69, 9.17) is 9.84 Å². The summed E-state index contributed by atoms with van der Waals surface area (Å²) in [5, 5.41) is 8.95. The number of alkyl halides is 3. The molecule has 2 aromatic rings. The van der Waals surface area contributed by atoms with Crippen LogP contribution in [0.2, 0.25) is 0 Å². The van der Waals surface area contributed by atoms with Crippen molar-refractivity contribution >= 4 is 5.97 Å². The van der Waals surface area contributed by atoms with Gasteiger partial charge in [-0.3, -0.25) is 4.79 Å². The maximum absolute atomic E-state index is 12.5. The van der Waals surface area contributed by atoms with Crippen LogP contribution < -0.4 is 4.74 Å². The maximum Gasteiger partial charge on any atom is 0.416 e. The number of halogens is 3. The summed E-state index contributed by atoms with van der Waals surface area (Å²) in [5.41, 5.74) is -0.140. The molecule has 2 aromatic carbocycles. The monoisotopic (exact) mass is 310 g/mol. The lowest BCUT2D eigenvalue weighted by atomic mass is 10.1. The number of hydrogen-bond donors (Lipinski definition) is 1. The lowest BCUT2D eigenvalue weighted by molar-refractivity contribution is -0.139. The largest absolute Gasteiger partial charge is 0.485 e. The average Bonchev–Trinajstić information content (AvgIpc) is 2.47. The Balaban J connectivity index is 2.19. The van der Waals surface area contributed by atoms with E-state index in [0.29, 0.717) is 5.56 Å². The summed E-state index contributed by atoms with van der Waals surface area (Å²) in [6.45, 7) is 0. The predicted octanol–water partition coefficient (Wildman–Crippen LogP) is 4.30. The van der Waals surface area contributed by atoms with Crippen LogP contribution in [0.4, 0.5) is 13.2 Å². The van der Waals surface area contributed by atoms with Crippen molar-refractivity contribution in [3.05, 3.63) is 65.7 Å². The first-order chi connectivity index (χ1) is 10.4. The van der Waals surface area contributed by atoms with Crippen LogP contribution in [-0.2, 0) is 11.0 Å². The van der Waals surface area contributed by atoms with Crippen molar-refractivity contribution in [3.8, 4) is 5.75 Å². The van der Waals surface area contributed by atoms with Gasteiger partial charge in [0.25, 0.3) is 0 Å². The van der Waals surface area contributed by atoms with Crippen molar-refractivity contribution < 1.29 is 27.8 Å². The number of carboxylic acid groups (broad SMARTS) is 1. The van der Waals surface area contributed by atoms with E-state index >= 15 is 0 Å². The normalized spacial score (nSPS) is 12.7. The first-order valence-electron chi connectivity index (χ1n) is 6.47. The molecule has 0 aliphatic heterocycles. The smallest absolute Gasteiger partial charge is 0.416 e. The molecule has 22 heavy (non-hydrogen) atoms. The van der Waals surface area contributed by atoms with Gasteiger partial charge >= 0.3 is 12.1 Å². The molecule has 1 N–H and O–H groups in total. The molecule has 0 spiro atoms. The molecule has 0 amide bonds. The van der Waals surface area contributed by atoms with Gasteiger partial charge in [-0.15, -0.1) is 0 Å². The van der Waals surface area contributed by atoms with E-state index < -0.39 is 23.8 Å². The summed E-state index contributed by atoms with van der Waals surface area (Å²) >= 11 is 0. The van der Waals surface area contributed by atoms with Crippen molar-refractivity contribution in [2.24, 2.45) is 0 Å². The van der Waals surface area contributed by atoms with Gasteiger partial charge in [-0.2, -0.15) is 13.2 Å². The molecule has 0 aliphatic carbocycles. The minimum absolute atomic E-state index is 0.183. The van der Waals surface area contributed by atoms with Crippen LogP contribution in [0.5, 0.6) is 5.75 Å². The van der Waals surface area contributed by atoms with Gasteiger partial charge in [0, 0.05) is 0 Å². The molecule has 0 heterocycles. The summed E-state index contributed by atoms with van der Waals surface area (Å²) in [6.07, 6.45) is -5.47. The lowest BCUT2D eigenvalue weighted by Crippen LogP contribution is -2.13. The number of rotatable bonds is 5. The second kappa shape index (κ2) is 6.51. The van der Waals surface area contributed by atoms with Crippen molar-refractivity contribution in [1.82, 2.24) is 0 Å². The average molecular weight is 310 g/mol. The first-order valence-corrected chi connectivity index (χ1v) is 6.47. The summed E-state index contributed by atoms with van der Waals surface area (Å²) in [5.74, 6) is -0.871. The van der Waals surface area contributed by atoms with Gasteiger partial charge in [0.05, 0.1) is 12.0 Å². The Hall–Kier alpha value is -2.50. The Morgan fingerprint density at radius 1 is 1.05 bits per heavy atom. The van der Waals surface area contributed by atoms with E-state index in [-0.39, 0.29) is 12.2 Å².